The number of benzene rings is 1. The summed E-state index contributed by atoms with van der Waals surface area (Å²) in [6, 6.07) is 2.47. The van der Waals surface area contributed by atoms with Crippen LogP contribution in [0.25, 0.3) is 0 Å². The van der Waals surface area contributed by atoms with E-state index in [1.165, 1.54) is 6.07 Å². The van der Waals surface area contributed by atoms with Crippen molar-refractivity contribution < 1.29 is 19.9 Å². The van der Waals surface area contributed by atoms with Crippen LogP contribution in [0.3, 0.4) is 0 Å². The predicted molar refractivity (Wildman–Crippen MR) is 75.8 cm³/mol. The maximum atomic E-state index is 11.0. The van der Waals surface area contributed by atoms with Gasteiger partial charge in [-0.3, -0.25) is 10.1 Å². The summed E-state index contributed by atoms with van der Waals surface area (Å²) in [5.74, 6) is 0. The van der Waals surface area contributed by atoms with Crippen LogP contribution in [0.4, 0.5) is 11.4 Å². The summed E-state index contributed by atoms with van der Waals surface area (Å²) in [5, 5.41) is 30.5. The second-order valence-electron chi connectivity index (χ2n) is 3.43. The van der Waals surface area contributed by atoms with E-state index in [1.54, 1.807) is 0 Å². The normalized spacial score (nSPS) is 10.0. The number of nitrogens with zero attached hydrogens (tertiary/aromatic N) is 4. The molecule has 0 aliphatic heterocycles. The molecule has 1 aromatic carbocycles. The zero-order valence-electron chi connectivity index (χ0n) is 9.97. The van der Waals surface area contributed by atoms with E-state index in [1.807, 2.05) is 0 Å². The molecule has 0 spiro atoms. The molecule has 11 nitrogen and oxygen atoms in total. The van der Waals surface area contributed by atoms with Crippen LogP contribution in [0.5, 0.6) is 0 Å². The Morgan fingerprint density at radius 1 is 1.14 bits per heavy atom. The Morgan fingerprint density at radius 3 is 2.24 bits per heavy atom. The van der Waals surface area contributed by atoms with Crippen LogP contribution in [0.15, 0.2) is 21.1 Å². The van der Waals surface area contributed by atoms with Gasteiger partial charge in [0.25, 0.3) is 5.09 Å². The van der Waals surface area contributed by atoms with Gasteiger partial charge in [0.15, 0.2) is 10.7 Å². The Labute approximate surface area is 133 Å². The second-order valence-corrected chi connectivity index (χ2v) is 5.20. The van der Waals surface area contributed by atoms with Gasteiger partial charge in [-0.25, -0.2) is 10.1 Å². The summed E-state index contributed by atoms with van der Waals surface area (Å²) in [7, 11) is 0. The molecule has 0 fully saturated rings. The first-order valence-corrected chi connectivity index (χ1v) is 6.65. The minimum absolute atomic E-state index is 0.0846. The van der Waals surface area contributed by atoms with Crippen molar-refractivity contribution in [2.75, 3.05) is 18.2 Å². The molecule has 0 amide bonds. The first kappa shape index (κ1) is 17.0. The van der Waals surface area contributed by atoms with Crippen molar-refractivity contribution in [3.05, 3.63) is 51.4 Å². The largest absolute Gasteiger partial charge is 0.312 e. The summed E-state index contributed by atoms with van der Waals surface area (Å²) >= 11 is 6.04. The van der Waals surface area contributed by atoms with Crippen molar-refractivity contribution in [1.82, 2.24) is 0 Å². The lowest BCUT2D eigenvalue weighted by Crippen LogP contribution is -2.34. The third kappa shape index (κ3) is 4.49. The van der Waals surface area contributed by atoms with Crippen molar-refractivity contribution in [3.8, 4) is 0 Å². The van der Waals surface area contributed by atoms with Gasteiger partial charge in [0.05, 0.1) is 9.40 Å². The maximum Gasteiger partial charge on any atom is 0.300 e. The highest BCUT2D eigenvalue weighted by atomic mass is 79.9. The lowest BCUT2D eigenvalue weighted by molar-refractivity contribution is -0.757. The van der Waals surface area contributed by atoms with E-state index in [2.05, 4.69) is 36.7 Å². The predicted octanol–water partition coefficient (Wildman–Crippen LogP) is 2.33. The van der Waals surface area contributed by atoms with Gasteiger partial charge in [-0.15, -0.1) is 10.1 Å². The molecule has 1 rings (SSSR count). The highest BCUT2D eigenvalue weighted by Gasteiger charge is 2.30. The van der Waals surface area contributed by atoms with Crippen molar-refractivity contribution in [3.63, 3.8) is 0 Å². The number of nitro benzene ring substituents is 1. The molecular formula is C8H6Br2N4O7. The summed E-state index contributed by atoms with van der Waals surface area (Å²) in [6.45, 7) is -1.16. The topological polar surface area (TPSA) is 142 Å². The lowest BCUT2D eigenvalue weighted by Gasteiger charge is -2.15. The average Bonchev–Trinajstić information content (AvgIpc) is 2.34. The molecule has 13 heteroatoms. The van der Waals surface area contributed by atoms with Gasteiger partial charge < -0.3 is 4.84 Å². The molecule has 1 aromatic rings. The quantitative estimate of drug-likeness (QED) is 0.474. The minimum atomic E-state index is -1.11. The standard InChI is InChI=1S/C8H6Br2N4O7/c9-5-3-6(10)8(7(4-5)12(15)16)11(13(17)18)1-2-21-14(19)20/h3-4H,1-2H2. The molecule has 0 bridgehead atoms. The Kier molecular flexibility index (Phi) is 5.78. The van der Waals surface area contributed by atoms with Crippen LogP contribution in [0.1, 0.15) is 0 Å². The van der Waals surface area contributed by atoms with E-state index in [4.69, 9.17) is 0 Å². The molecule has 0 unspecified atom stereocenters. The molecule has 21 heavy (non-hydrogen) atoms. The number of hydrogen-bond donors (Lipinski definition) is 0. The van der Waals surface area contributed by atoms with Gasteiger partial charge in [0, 0.05) is 10.5 Å². The number of halogens is 2. The third-order valence-electron chi connectivity index (χ3n) is 2.16. The smallest absolute Gasteiger partial charge is 0.300 e. The Morgan fingerprint density at radius 2 is 1.76 bits per heavy atom. The van der Waals surface area contributed by atoms with Crippen LogP contribution in [-0.2, 0) is 4.84 Å². The van der Waals surface area contributed by atoms with Crippen LogP contribution in [0, 0.1) is 30.3 Å². The first-order valence-electron chi connectivity index (χ1n) is 5.06. The van der Waals surface area contributed by atoms with Crippen molar-refractivity contribution in [1.29, 1.82) is 0 Å². The van der Waals surface area contributed by atoms with Crippen LogP contribution in [-0.4, -0.2) is 28.2 Å². The number of anilines is 1. The summed E-state index contributed by atoms with van der Waals surface area (Å²) in [6.07, 6.45) is 0. The molecule has 0 aromatic heterocycles. The van der Waals surface area contributed by atoms with Crippen LogP contribution >= 0.6 is 31.9 Å². The Hall–Kier alpha value is -2.02. The van der Waals surface area contributed by atoms with Gasteiger partial charge in [0.1, 0.15) is 13.2 Å². The molecule has 114 valence electrons. The highest BCUT2D eigenvalue weighted by Crippen LogP contribution is 2.38. The maximum absolute atomic E-state index is 11.0. The lowest BCUT2D eigenvalue weighted by atomic mass is 10.2. The van der Waals surface area contributed by atoms with E-state index < -0.39 is 33.9 Å². The molecule has 0 radical (unpaired) electrons. The summed E-state index contributed by atoms with van der Waals surface area (Å²) < 4.78 is 0.427. The zero-order chi connectivity index (χ0) is 16.2. The molecule has 0 aliphatic carbocycles. The SMILES string of the molecule is O=[N+]([O-])OCCN(c1c(Br)cc(Br)cc1[N+](=O)[O-])[N+](=O)[O-]. The molecule has 0 heterocycles. The molecule has 0 aliphatic rings. The van der Waals surface area contributed by atoms with Crippen molar-refractivity contribution in [2.45, 2.75) is 0 Å². The monoisotopic (exact) mass is 428 g/mol. The fourth-order valence-electron chi connectivity index (χ4n) is 1.42. The molecule has 0 N–H and O–H groups in total. The van der Waals surface area contributed by atoms with Crippen molar-refractivity contribution >= 4 is 43.2 Å². The Bertz CT molecular complexity index is 596. The number of hydrogen-bond acceptors (Lipinski definition) is 7. The van der Waals surface area contributed by atoms with Gasteiger partial charge in [-0.1, -0.05) is 20.9 Å². The molecule has 0 saturated heterocycles. The van der Waals surface area contributed by atoms with E-state index in [0.29, 0.717) is 9.48 Å². The first-order chi connectivity index (χ1) is 9.73. The van der Waals surface area contributed by atoms with E-state index >= 15 is 0 Å². The fourth-order valence-corrected chi connectivity index (χ4v) is 2.83. The highest BCUT2D eigenvalue weighted by molar-refractivity contribution is 9.11. The Balaban J connectivity index is 3.21. The molecular weight excluding hydrogens is 424 g/mol. The van der Waals surface area contributed by atoms with E-state index in [-0.39, 0.29) is 10.2 Å². The van der Waals surface area contributed by atoms with Gasteiger partial charge in [-0.05, 0) is 22.0 Å². The molecule has 0 atom stereocenters. The number of hydrazine groups is 1. The van der Waals surface area contributed by atoms with Gasteiger partial charge >= 0.3 is 5.69 Å². The van der Waals surface area contributed by atoms with Gasteiger partial charge in [-0.2, -0.15) is 0 Å². The number of rotatable bonds is 7. The minimum Gasteiger partial charge on any atom is -0.312 e. The summed E-state index contributed by atoms with van der Waals surface area (Å²) in [5.41, 5.74) is -0.866. The average molecular weight is 430 g/mol. The second kappa shape index (κ2) is 7.12. The third-order valence-corrected chi connectivity index (χ3v) is 3.22. The van der Waals surface area contributed by atoms with E-state index in [0.717, 1.165) is 6.07 Å². The fraction of sp³-hybridized carbons (Fsp3) is 0.250. The van der Waals surface area contributed by atoms with Crippen LogP contribution < -0.4 is 5.01 Å². The number of nitro groups is 2. The van der Waals surface area contributed by atoms with E-state index in [9.17, 15) is 30.3 Å². The summed E-state index contributed by atoms with van der Waals surface area (Å²) in [4.78, 5) is 35.3. The van der Waals surface area contributed by atoms with Crippen molar-refractivity contribution in [2.24, 2.45) is 0 Å². The zero-order valence-corrected chi connectivity index (χ0v) is 13.1. The molecule has 0 saturated carbocycles. The van der Waals surface area contributed by atoms with Crippen LogP contribution in [0.2, 0.25) is 0 Å². The van der Waals surface area contributed by atoms with Gasteiger partial charge in [0.2, 0.25) is 0 Å².